The Bertz CT molecular complexity index is 427. The fourth-order valence-electron chi connectivity index (χ4n) is 1.41. The van der Waals surface area contributed by atoms with Crippen LogP contribution in [0, 0.1) is 0 Å². The number of carbonyl (C=O) groups is 1. The zero-order valence-electron chi connectivity index (χ0n) is 10.9. The summed E-state index contributed by atoms with van der Waals surface area (Å²) in [7, 11) is 1.48. The standard InChI is InChI=1S/C13H19NO4/c1-4-13(2,8-15)14-12(17)10-6-5-9(18-3)7-11(10)16/h5-7,15-16H,4,8H2,1-3H3,(H,14,17). The monoisotopic (exact) mass is 253 g/mol. The van der Waals surface area contributed by atoms with E-state index in [0.717, 1.165) is 0 Å². The van der Waals surface area contributed by atoms with Crippen LogP contribution in [0.2, 0.25) is 0 Å². The van der Waals surface area contributed by atoms with Crippen LogP contribution in [0.5, 0.6) is 11.5 Å². The van der Waals surface area contributed by atoms with Crippen LogP contribution in [0.1, 0.15) is 30.6 Å². The van der Waals surface area contributed by atoms with Crippen molar-refractivity contribution >= 4 is 5.91 Å². The summed E-state index contributed by atoms with van der Waals surface area (Å²) < 4.78 is 4.94. The van der Waals surface area contributed by atoms with Crippen LogP contribution in [0.15, 0.2) is 18.2 Å². The van der Waals surface area contributed by atoms with Gasteiger partial charge in [-0.25, -0.2) is 0 Å². The minimum absolute atomic E-state index is 0.150. The van der Waals surface area contributed by atoms with Crippen LogP contribution in [0.3, 0.4) is 0 Å². The molecule has 0 fully saturated rings. The van der Waals surface area contributed by atoms with Crippen molar-refractivity contribution in [1.82, 2.24) is 5.32 Å². The van der Waals surface area contributed by atoms with E-state index in [1.807, 2.05) is 6.92 Å². The van der Waals surface area contributed by atoms with Crippen molar-refractivity contribution in [2.45, 2.75) is 25.8 Å². The van der Waals surface area contributed by atoms with Gasteiger partial charge in [0.05, 0.1) is 24.8 Å². The SMILES string of the molecule is CCC(C)(CO)NC(=O)c1ccc(OC)cc1O. The number of benzene rings is 1. The van der Waals surface area contributed by atoms with Gasteiger partial charge in [-0.05, 0) is 25.5 Å². The Labute approximate surface area is 106 Å². The van der Waals surface area contributed by atoms with E-state index in [-0.39, 0.29) is 17.9 Å². The van der Waals surface area contributed by atoms with Gasteiger partial charge >= 0.3 is 0 Å². The highest BCUT2D eigenvalue weighted by Crippen LogP contribution is 2.24. The molecule has 5 nitrogen and oxygen atoms in total. The maximum atomic E-state index is 12.0. The molecule has 1 amide bonds. The quantitative estimate of drug-likeness (QED) is 0.739. The number of hydrogen-bond acceptors (Lipinski definition) is 4. The molecule has 1 aromatic rings. The second-order valence-electron chi connectivity index (χ2n) is 4.41. The molecular formula is C13H19NO4. The molecule has 18 heavy (non-hydrogen) atoms. The number of rotatable bonds is 5. The molecule has 0 bridgehead atoms. The van der Waals surface area contributed by atoms with E-state index in [1.165, 1.54) is 19.2 Å². The molecule has 5 heteroatoms. The molecule has 0 aliphatic carbocycles. The number of aliphatic hydroxyl groups excluding tert-OH is 1. The number of phenols is 1. The topological polar surface area (TPSA) is 78.8 Å². The van der Waals surface area contributed by atoms with Crippen LogP contribution >= 0.6 is 0 Å². The maximum absolute atomic E-state index is 12.0. The molecule has 0 aromatic heterocycles. The van der Waals surface area contributed by atoms with Gasteiger partial charge in [0.25, 0.3) is 5.91 Å². The van der Waals surface area contributed by atoms with Crippen molar-refractivity contribution in [1.29, 1.82) is 0 Å². The van der Waals surface area contributed by atoms with E-state index in [2.05, 4.69) is 5.32 Å². The molecule has 1 rings (SSSR count). The van der Waals surface area contributed by atoms with Crippen molar-refractivity contribution < 1.29 is 19.7 Å². The number of methoxy groups -OCH3 is 1. The lowest BCUT2D eigenvalue weighted by atomic mass is 9.99. The Hall–Kier alpha value is -1.75. The summed E-state index contributed by atoms with van der Waals surface area (Å²) in [5.41, 5.74) is -0.535. The van der Waals surface area contributed by atoms with Gasteiger partial charge in [-0.15, -0.1) is 0 Å². The molecule has 0 saturated carbocycles. The predicted octanol–water partition coefficient (Wildman–Crippen LogP) is 1.29. The Kier molecular flexibility index (Phi) is 4.55. The highest BCUT2D eigenvalue weighted by atomic mass is 16.5. The summed E-state index contributed by atoms with van der Waals surface area (Å²) in [5.74, 6) is -0.0961. The molecular weight excluding hydrogens is 234 g/mol. The minimum Gasteiger partial charge on any atom is -0.507 e. The Morgan fingerprint density at radius 2 is 2.17 bits per heavy atom. The van der Waals surface area contributed by atoms with Crippen LogP contribution in [-0.4, -0.2) is 35.4 Å². The van der Waals surface area contributed by atoms with Crippen LogP contribution in [0.25, 0.3) is 0 Å². The normalized spacial score (nSPS) is 13.8. The smallest absolute Gasteiger partial charge is 0.255 e. The molecule has 0 heterocycles. The van der Waals surface area contributed by atoms with Crippen molar-refractivity contribution in [3.8, 4) is 11.5 Å². The largest absolute Gasteiger partial charge is 0.507 e. The van der Waals surface area contributed by atoms with Crippen molar-refractivity contribution in [2.24, 2.45) is 0 Å². The second-order valence-corrected chi connectivity index (χ2v) is 4.41. The first-order chi connectivity index (χ1) is 8.45. The molecule has 0 aliphatic rings. The number of aliphatic hydroxyl groups is 1. The van der Waals surface area contributed by atoms with Gasteiger partial charge in [0.2, 0.25) is 0 Å². The molecule has 1 unspecified atom stereocenters. The van der Waals surface area contributed by atoms with E-state index in [1.54, 1.807) is 13.0 Å². The molecule has 3 N–H and O–H groups in total. The Morgan fingerprint density at radius 1 is 1.50 bits per heavy atom. The summed E-state index contributed by atoms with van der Waals surface area (Å²) in [6, 6.07) is 4.45. The number of aromatic hydroxyl groups is 1. The molecule has 0 aliphatic heterocycles. The van der Waals surface area contributed by atoms with Gasteiger partial charge in [0, 0.05) is 6.07 Å². The van der Waals surface area contributed by atoms with Gasteiger partial charge < -0.3 is 20.3 Å². The first-order valence-electron chi connectivity index (χ1n) is 5.76. The predicted molar refractivity (Wildman–Crippen MR) is 67.9 cm³/mol. The highest BCUT2D eigenvalue weighted by molar-refractivity contribution is 5.97. The minimum atomic E-state index is -0.691. The summed E-state index contributed by atoms with van der Waals surface area (Å²) in [5, 5.41) is 21.7. The zero-order valence-corrected chi connectivity index (χ0v) is 10.9. The van der Waals surface area contributed by atoms with Gasteiger partial charge in [-0.2, -0.15) is 0 Å². The fraction of sp³-hybridized carbons (Fsp3) is 0.462. The summed E-state index contributed by atoms with van der Waals surface area (Å²) >= 11 is 0. The first kappa shape index (κ1) is 14.3. The Morgan fingerprint density at radius 3 is 2.61 bits per heavy atom. The number of phenolic OH excluding ortho intramolecular Hbond substituents is 1. The fourth-order valence-corrected chi connectivity index (χ4v) is 1.41. The highest BCUT2D eigenvalue weighted by Gasteiger charge is 2.25. The number of ether oxygens (including phenoxy) is 1. The summed E-state index contributed by atoms with van der Waals surface area (Å²) in [6.07, 6.45) is 0.589. The van der Waals surface area contributed by atoms with E-state index in [4.69, 9.17) is 4.74 Å². The average molecular weight is 253 g/mol. The summed E-state index contributed by atoms with van der Waals surface area (Å²) in [6.45, 7) is 3.45. The van der Waals surface area contributed by atoms with E-state index >= 15 is 0 Å². The number of carbonyl (C=O) groups excluding carboxylic acids is 1. The average Bonchev–Trinajstić information content (AvgIpc) is 2.38. The number of hydrogen-bond donors (Lipinski definition) is 3. The lowest BCUT2D eigenvalue weighted by Gasteiger charge is -2.27. The van der Waals surface area contributed by atoms with E-state index < -0.39 is 11.4 Å². The molecule has 1 aromatic carbocycles. The van der Waals surface area contributed by atoms with Gasteiger partial charge in [0.15, 0.2) is 0 Å². The van der Waals surface area contributed by atoms with Gasteiger partial charge in [0.1, 0.15) is 11.5 Å². The summed E-state index contributed by atoms with van der Waals surface area (Å²) in [4.78, 5) is 12.0. The van der Waals surface area contributed by atoms with Crippen molar-refractivity contribution in [3.05, 3.63) is 23.8 Å². The van der Waals surface area contributed by atoms with Gasteiger partial charge in [-0.3, -0.25) is 4.79 Å². The number of amides is 1. The molecule has 0 radical (unpaired) electrons. The lowest BCUT2D eigenvalue weighted by Crippen LogP contribution is -2.48. The van der Waals surface area contributed by atoms with Gasteiger partial charge in [-0.1, -0.05) is 6.92 Å². The zero-order chi connectivity index (χ0) is 13.8. The molecule has 1 atom stereocenters. The lowest BCUT2D eigenvalue weighted by molar-refractivity contribution is 0.0844. The van der Waals surface area contributed by atoms with E-state index in [0.29, 0.717) is 12.2 Å². The maximum Gasteiger partial charge on any atom is 0.255 e. The first-order valence-corrected chi connectivity index (χ1v) is 5.76. The Balaban J connectivity index is 2.91. The van der Waals surface area contributed by atoms with Crippen LogP contribution in [0.4, 0.5) is 0 Å². The van der Waals surface area contributed by atoms with Crippen LogP contribution in [-0.2, 0) is 0 Å². The molecule has 0 saturated heterocycles. The van der Waals surface area contributed by atoms with Crippen molar-refractivity contribution in [2.75, 3.05) is 13.7 Å². The second kappa shape index (κ2) is 5.73. The third-order valence-electron chi connectivity index (χ3n) is 2.99. The van der Waals surface area contributed by atoms with Crippen molar-refractivity contribution in [3.63, 3.8) is 0 Å². The molecule has 0 spiro atoms. The number of nitrogens with one attached hydrogen (secondary N) is 1. The molecule has 100 valence electrons. The third kappa shape index (κ3) is 3.13. The third-order valence-corrected chi connectivity index (χ3v) is 2.99. The van der Waals surface area contributed by atoms with E-state index in [9.17, 15) is 15.0 Å². The van der Waals surface area contributed by atoms with Crippen LogP contribution < -0.4 is 10.1 Å².